The first kappa shape index (κ1) is 22.8. The van der Waals surface area contributed by atoms with Crippen molar-refractivity contribution in [1.82, 2.24) is 5.32 Å². The highest BCUT2D eigenvalue weighted by Crippen LogP contribution is 2.26. The van der Waals surface area contributed by atoms with Crippen LogP contribution in [0.15, 0.2) is 83.8 Å². The number of carbonyl (C=O) groups excluding carboxylic acids is 1. The highest BCUT2D eigenvalue weighted by molar-refractivity contribution is 7.92. The van der Waals surface area contributed by atoms with Crippen molar-refractivity contribution in [2.24, 2.45) is 5.92 Å². The lowest BCUT2D eigenvalue weighted by Crippen LogP contribution is -2.29. The fraction of sp³-hybridized carbons (Fsp3) is 0.208. The third-order valence-electron chi connectivity index (χ3n) is 4.73. The molecule has 0 radical (unpaired) electrons. The molecule has 3 rings (SSSR count). The van der Waals surface area contributed by atoms with E-state index >= 15 is 0 Å². The number of sulfonamides is 1. The van der Waals surface area contributed by atoms with Crippen LogP contribution in [0, 0.1) is 5.92 Å². The summed E-state index contributed by atoms with van der Waals surface area (Å²) in [5, 5.41) is 3.22. The largest absolute Gasteiger partial charge is 0.345 e. The first-order valence-electron chi connectivity index (χ1n) is 9.99. The van der Waals surface area contributed by atoms with E-state index in [-0.39, 0.29) is 33.1 Å². The van der Waals surface area contributed by atoms with Gasteiger partial charge in [-0.15, -0.1) is 0 Å². The van der Waals surface area contributed by atoms with Crippen LogP contribution in [-0.2, 0) is 10.0 Å². The minimum Gasteiger partial charge on any atom is -0.345 e. The predicted octanol–water partition coefficient (Wildman–Crippen LogP) is 5.66. The van der Waals surface area contributed by atoms with Gasteiger partial charge in [0.25, 0.3) is 15.9 Å². The highest BCUT2D eigenvalue weighted by Gasteiger charge is 2.20. The maximum absolute atomic E-state index is 12.9. The fourth-order valence-electron chi connectivity index (χ4n) is 3.25. The molecule has 0 aromatic heterocycles. The monoisotopic (exact) mass is 456 g/mol. The van der Waals surface area contributed by atoms with E-state index in [2.05, 4.69) is 23.9 Å². The molecule has 0 aliphatic heterocycles. The Labute approximate surface area is 188 Å². The van der Waals surface area contributed by atoms with Gasteiger partial charge in [0.05, 0.1) is 27.2 Å². The van der Waals surface area contributed by atoms with Gasteiger partial charge < -0.3 is 5.32 Å². The molecule has 162 valence electrons. The first-order chi connectivity index (χ1) is 14.8. The molecule has 0 aliphatic carbocycles. The van der Waals surface area contributed by atoms with E-state index in [1.165, 1.54) is 30.3 Å². The molecule has 5 nitrogen and oxygen atoms in total. The molecule has 0 saturated carbocycles. The SMILES string of the molecule is CC(C)C[C@H](NC(=O)c1ccc(NS(=O)(=O)c2ccccc2)cc1Cl)c1ccccc1. The summed E-state index contributed by atoms with van der Waals surface area (Å²) in [6.45, 7) is 4.20. The van der Waals surface area contributed by atoms with Crippen LogP contribution in [0.4, 0.5) is 5.69 Å². The zero-order valence-electron chi connectivity index (χ0n) is 17.4. The number of hydrogen-bond donors (Lipinski definition) is 2. The van der Waals surface area contributed by atoms with Crippen molar-refractivity contribution in [3.05, 3.63) is 95.0 Å². The van der Waals surface area contributed by atoms with Gasteiger partial charge >= 0.3 is 0 Å². The molecule has 1 atom stereocenters. The number of benzene rings is 3. The van der Waals surface area contributed by atoms with Gasteiger partial charge in [-0.1, -0.05) is 74.0 Å². The molecular weight excluding hydrogens is 432 g/mol. The lowest BCUT2D eigenvalue weighted by molar-refractivity contribution is 0.0932. The summed E-state index contributed by atoms with van der Waals surface area (Å²) < 4.78 is 27.5. The minimum atomic E-state index is -3.74. The summed E-state index contributed by atoms with van der Waals surface area (Å²) in [6, 6.07) is 22.2. The second-order valence-electron chi connectivity index (χ2n) is 7.68. The van der Waals surface area contributed by atoms with Crippen LogP contribution in [-0.4, -0.2) is 14.3 Å². The van der Waals surface area contributed by atoms with E-state index in [4.69, 9.17) is 11.6 Å². The topological polar surface area (TPSA) is 75.3 Å². The van der Waals surface area contributed by atoms with Crippen LogP contribution < -0.4 is 10.0 Å². The Morgan fingerprint density at radius 2 is 1.55 bits per heavy atom. The smallest absolute Gasteiger partial charge is 0.261 e. The molecule has 0 spiro atoms. The number of rotatable bonds is 8. The molecule has 1 amide bonds. The summed E-state index contributed by atoms with van der Waals surface area (Å²) in [7, 11) is -3.74. The second kappa shape index (κ2) is 9.98. The maximum atomic E-state index is 12.9. The van der Waals surface area contributed by atoms with Gasteiger partial charge in [0.1, 0.15) is 0 Å². The van der Waals surface area contributed by atoms with E-state index in [1.807, 2.05) is 30.3 Å². The van der Waals surface area contributed by atoms with Gasteiger partial charge in [0.2, 0.25) is 0 Å². The van der Waals surface area contributed by atoms with Gasteiger partial charge in [-0.05, 0) is 48.2 Å². The van der Waals surface area contributed by atoms with Crippen LogP contribution in [0.3, 0.4) is 0 Å². The van der Waals surface area contributed by atoms with Crippen LogP contribution in [0.2, 0.25) is 5.02 Å². The van der Waals surface area contributed by atoms with Crippen LogP contribution in [0.25, 0.3) is 0 Å². The van der Waals surface area contributed by atoms with E-state index in [0.717, 1.165) is 12.0 Å². The molecule has 3 aromatic carbocycles. The Morgan fingerprint density at radius 1 is 0.935 bits per heavy atom. The van der Waals surface area contributed by atoms with Gasteiger partial charge in [-0.25, -0.2) is 8.42 Å². The number of carbonyl (C=O) groups is 1. The average Bonchev–Trinajstić information content (AvgIpc) is 2.74. The average molecular weight is 457 g/mol. The summed E-state index contributed by atoms with van der Waals surface area (Å²) in [5.74, 6) is 0.0766. The molecule has 7 heteroatoms. The minimum absolute atomic E-state index is 0.146. The Bertz CT molecular complexity index is 1130. The van der Waals surface area contributed by atoms with Gasteiger partial charge in [-0.2, -0.15) is 0 Å². The van der Waals surface area contributed by atoms with E-state index in [1.54, 1.807) is 18.2 Å². The zero-order valence-corrected chi connectivity index (χ0v) is 19.0. The highest BCUT2D eigenvalue weighted by atomic mass is 35.5. The summed E-state index contributed by atoms with van der Waals surface area (Å²) in [4.78, 5) is 13.1. The summed E-state index contributed by atoms with van der Waals surface area (Å²) in [6.07, 6.45) is 0.780. The van der Waals surface area contributed by atoms with Crippen LogP contribution in [0.1, 0.15) is 42.2 Å². The predicted molar refractivity (Wildman–Crippen MR) is 125 cm³/mol. The maximum Gasteiger partial charge on any atom is 0.261 e. The molecule has 0 heterocycles. The van der Waals surface area contributed by atoms with E-state index in [9.17, 15) is 13.2 Å². The summed E-state index contributed by atoms with van der Waals surface area (Å²) in [5.41, 5.74) is 1.59. The quantitative estimate of drug-likeness (QED) is 0.459. The van der Waals surface area contributed by atoms with Crippen molar-refractivity contribution in [2.75, 3.05) is 4.72 Å². The molecular formula is C24H25ClN2O3S. The van der Waals surface area contributed by atoms with Crippen molar-refractivity contribution < 1.29 is 13.2 Å². The third-order valence-corrected chi connectivity index (χ3v) is 6.44. The first-order valence-corrected chi connectivity index (χ1v) is 11.9. The second-order valence-corrected chi connectivity index (χ2v) is 9.77. The zero-order chi connectivity index (χ0) is 22.4. The third kappa shape index (κ3) is 6.09. The fourth-order valence-corrected chi connectivity index (χ4v) is 4.58. The number of nitrogens with one attached hydrogen (secondary N) is 2. The molecule has 0 fully saturated rings. The Hall–Kier alpha value is -2.83. The standard InChI is InChI=1S/C24H25ClN2O3S/c1-17(2)15-23(18-9-5-3-6-10-18)26-24(28)21-14-13-19(16-22(21)25)27-31(29,30)20-11-7-4-8-12-20/h3-14,16-17,23,27H,15H2,1-2H3,(H,26,28)/t23-/m0/s1. The normalized spacial score (nSPS) is 12.4. The van der Waals surface area contributed by atoms with Gasteiger partial charge in [0, 0.05) is 0 Å². The summed E-state index contributed by atoms with van der Waals surface area (Å²) >= 11 is 6.34. The Morgan fingerprint density at radius 3 is 2.13 bits per heavy atom. The van der Waals surface area contributed by atoms with Gasteiger partial charge in [0.15, 0.2) is 0 Å². The van der Waals surface area contributed by atoms with Crippen molar-refractivity contribution in [3.8, 4) is 0 Å². The Balaban J connectivity index is 1.78. The molecule has 0 aliphatic rings. The molecule has 3 aromatic rings. The molecule has 0 unspecified atom stereocenters. The van der Waals surface area contributed by atoms with Crippen molar-refractivity contribution in [1.29, 1.82) is 0 Å². The van der Waals surface area contributed by atoms with E-state index < -0.39 is 10.0 Å². The lowest BCUT2D eigenvalue weighted by atomic mass is 9.96. The molecule has 0 saturated heterocycles. The number of hydrogen-bond acceptors (Lipinski definition) is 3. The van der Waals surface area contributed by atoms with Gasteiger partial charge in [-0.3, -0.25) is 9.52 Å². The van der Waals surface area contributed by atoms with Crippen molar-refractivity contribution in [3.63, 3.8) is 0 Å². The molecule has 2 N–H and O–H groups in total. The van der Waals surface area contributed by atoms with E-state index in [0.29, 0.717) is 5.92 Å². The lowest BCUT2D eigenvalue weighted by Gasteiger charge is -2.21. The number of anilines is 1. The van der Waals surface area contributed by atoms with Crippen LogP contribution in [0.5, 0.6) is 0 Å². The van der Waals surface area contributed by atoms with Crippen molar-refractivity contribution >= 4 is 33.2 Å². The number of halogens is 1. The van der Waals surface area contributed by atoms with Crippen LogP contribution >= 0.6 is 11.6 Å². The Kier molecular flexibility index (Phi) is 7.36. The number of amides is 1. The van der Waals surface area contributed by atoms with Crippen molar-refractivity contribution in [2.45, 2.75) is 31.2 Å². The molecule has 0 bridgehead atoms. The molecule has 31 heavy (non-hydrogen) atoms.